The van der Waals surface area contributed by atoms with Gasteiger partial charge in [0.1, 0.15) is 17.1 Å². The van der Waals surface area contributed by atoms with E-state index in [1.165, 1.54) is 16.4 Å². The van der Waals surface area contributed by atoms with Crippen LogP contribution in [0.5, 0.6) is 5.75 Å². The van der Waals surface area contributed by atoms with Crippen LogP contribution in [0.1, 0.15) is 57.9 Å². The van der Waals surface area contributed by atoms with Crippen LogP contribution in [0.4, 0.5) is 0 Å². The number of sulfonamides is 1. The monoisotopic (exact) mass is 544 g/mol. The van der Waals surface area contributed by atoms with Gasteiger partial charge in [0, 0.05) is 32.8 Å². The SMILES string of the molecule is CCCOc1ccc(S(=O)(=O)N2CCC(CCC(=O)O)CC2)cc1-c1nc2c(CCC)cn(C)c2c(=O)[nH]1. The number of nitrogens with zero attached hydrogens (tertiary/aromatic N) is 3. The predicted octanol–water partition coefficient (Wildman–Crippen LogP) is 3.94. The summed E-state index contributed by atoms with van der Waals surface area (Å²) in [6, 6.07) is 4.69. The highest BCUT2D eigenvalue weighted by atomic mass is 32.2. The van der Waals surface area contributed by atoms with Crippen molar-refractivity contribution in [2.45, 2.75) is 63.7 Å². The van der Waals surface area contributed by atoms with E-state index in [2.05, 4.69) is 11.9 Å². The molecule has 11 heteroatoms. The van der Waals surface area contributed by atoms with E-state index in [9.17, 15) is 18.0 Å². The molecule has 38 heavy (non-hydrogen) atoms. The Kier molecular flexibility index (Phi) is 8.57. The van der Waals surface area contributed by atoms with Crippen molar-refractivity contribution in [1.29, 1.82) is 0 Å². The highest BCUT2D eigenvalue weighted by Crippen LogP contribution is 2.34. The van der Waals surface area contributed by atoms with E-state index in [1.807, 2.05) is 20.2 Å². The van der Waals surface area contributed by atoms with Gasteiger partial charge in [-0.25, -0.2) is 13.4 Å². The number of piperidine rings is 1. The van der Waals surface area contributed by atoms with Crippen molar-refractivity contribution in [3.63, 3.8) is 0 Å². The third-order valence-electron chi connectivity index (χ3n) is 7.07. The average Bonchev–Trinajstić information content (AvgIpc) is 3.21. The fraction of sp³-hybridized carbons (Fsp3) is 0.519. The van der Waals surface area contributed by atoms with Gasteiger partial charge in [0.05, 0.1) is 22.6 Å². The molecule has 10 nitrogen and oxygen atoms in total. The lowest BCUT2D eigenvalue weighted by Gasteiger charge is -2.31. The number of rotatable bonds is 11. The Morgan fingerprint density at radius 2 is 1.95 bits per heavy atom. The first kappa shape index (κ1) is 27.8. The largest absolute Gasteiger partial charge is 0.493 e. The summed E-state index contributed by atoms with van der Waals surface area (Å²) in [5.74, 6) is 0.0810. The Morgan fingerprint density at radius 3 is 2.61 bits per heavy atom. The average molecular weight is 545 g/mol. The third-order valence-corrected chi connectivity index (χ3v) is 8.96. The molecule has 0 spiro atoms. The third kappa shape index (κ3) is 5.78. The van der Waals surface area contributed by atoms with Crippen LogP contribution in [-0.2, 0) is 28.3 Å². The Balaban J connectivity index is 1.71. The zero-order valence-electron chi connectivity index (χ0n) is 22.2. The van der Waals surface area contributed by atoms with Gasteiger partial charge in [-0.1, -0.05) is 20.3 Å². The number of aliphatic carboxylic acids is 1. The lowest BCUT2D eigenvalue weighted by Crippen LogP contribution is -2.38. The molecule has 0 saturated carbocycles. The fourth-order valence-corrected chi connectivity index (χ4v) is 6.56. The molecular weight excluding hydrogens is 508 g/mol. The lowest BCUT2D eigenvalue weighted by atomic mass is 9.93. The molecular formula is C27H36N4O6S. The topological polar surface area (TPSA) is 135 Å². The number of aryl methyl sites for hydroxylation is 2. The summed E-state index contributed by atoms with van der Waals surface area (Å²) in [6.07, 6.45) is 6.23. The van der Waals surface area contributed by atoms with Crippen LogP contribution in [0.15, 0.2) is 34.1 Å². The summed E-state index contributed by atoms with van der Waals surface area (Å²) in [4.78, 5) is 31.7. The second kappa shape index (κ2) is 11.7. The molecule has 1 saturated heterocycles. The maximum absolute atomic E-state index is 13.6. The molecule has 0 amide bonds. The molecule has 206 valence electrons. The van der Waals surface area contributed by atoms with Gasteiger partial charge in [-0.3, -0.25) is 9.59 Å². The Labute approximate surface area is 222 Å². The van der Waals surface area contributed by atoms with Crippen molar-refractivity contribution >= 4 is 27.0 Å². The minimum absolute atomic E-state index is 0.0942. The van der Waals surface area contributed by atoms with Crippen LogP contribution >= 0.6 is 0 Å². The molecule has 1 fully saturated rings. The molecule has 3 aromatic rings. The molecule has 4 rings (SSSR count). The van der Waals surface area contributed by atoms with Crippen LogP contribution in [0.25, 0.3) is 22.4 Å². The van der Waals surface area contributed by atoms with Crippen LogP contribution in [0.3, 0.4) is 0 Å². The van der Waals surface area contributed by atoms with Crippen LogP contribution in [-0.4, -0.2) is 58.0 Å². The highest BCUT2D eigenvalue weighted by molar-refractivity contribution is 7.89. The lowest BCUT2D eigenvalue weighted by molar-refractivity contribution is -0.137. The number of carboxylic acid groups (broad SMARTS) is 1. The van der Waals surface area contributed by atoms with Crippen molar-refractivity contribution in [2.75, 3.05) is 19.7 Å². The van der Waals surface area contributed by atoms with Gasteiger partial charge >= 0.3 is 5.97 Å². The van der Waals surface area contributed by atoms with E-state index in [4.69, 9.17) is 14.8 Å². The fourth-order valence-electron chi connectivity index (χ4n) is 5.06. The zero-order valence-corrected chi connectivity index (χ0v) is 23.0. The van der Waals surface area contributed by atoms with Gasteiger partial charge in [-0.2, -0.15) is 4.31 Å². The summed E-state index contributed by atoms with van der Waals surface area (Å²) in [7, 11) is -2.00. The molecule has 0 unspecified atom stereocenters. The van der Waals surface area contributed by atoms with Crippen LogP contribution in [0, 0.1) is 5.92 Å². The first-order valence-electron chi connectivity index (χ1n) is 13.2. The van der Waals surface area contributed by atoms with E-state index in [1.54, 1.807) is 10.6 Å². The summed E-state index contributed by atoms with van der Waals surface area (Å²) in [6.45, 7) is 5.14. The van der Waals surface area contributed by atoms with Gasteiger partial charge in [-0.15, -0.1) is 0 Å². The van der Waals surface area contributed by atoms with E-state index in [0.29, 0.717) is 61.3 Å². The number of carbonyl (C=O) groups is 1. The number of aromatic nitrogens is 3. The highest BCUT2D eigenvalue weighted by Gasteiger charge is 2.30. The van der Waals surface area contributed by atoms with Gasteiger partial charge in [-0.05, 0) is 61.8 Å². The van der Waals surface area contributed by atoms with Gasteiger partial charge < -0.3 is 19.4 Å². The Hall–Kier alpha value is -3.18. The summed E-state index contributed by atoms with van der Waals surface area (Å²) in [5, 5.41) is 8.94. The molecule has 1 aromatic carbocycles. The van der Waals surface area contributed by atoms with Crippen molar-refractivity contribution in [3.05, 3.63) is 40.3 Å². The van der Waals surface area contributed by atoms with Crippen molar-refractivity contribution < 1.29 is 23.1 Å². The maximum atomic E-state index is 13.6. The van der Waals surface area contributed by atoms with Crippen LogP contribution in [0.2, 0.25) is 0 Å². The molecule has 0 atom stereocenters. The molecule has 1 aliphatic heterocycles. The molecule has 3 heterocycles. The quantitative estimate of drug-likeness (QED) is 0.373. The number of nitrogens with one attached hydrogen (secondary N) is 1. The van der Waals surface area contributed by atoms with E-state index >= 15 is 0 Å². The number of hydrogen-bond acceptors (Lipinski definition) is 6. The zero-order chi connectivity index (χ0) is 27.4. The molecule has 0 aliphatic carbocycles. The minimum Gasteiger partial charge on any atom is -0.493 e. The Bertz CT molecular complexity index is 1470. The predicted molar refractivity (Wildman–Crippen MR) is 145 cm³/mol. The number of aromatic amines is 1. The molecule has 2 aromatic heterocycles. The van der Waals surface area contributed by atoms with E-state index in [-0.39, 0.29) is 28.6 Å². The first-order chi connectivity index (χ1) is 18.1. The smallest absolute Gasteiger partial charge is 0.303 e. The first-order valence-corrected chi connectivity index (χ1v) is 14.7. The number of hydrogen-bond donors (Lipinski definition) is 2. The van der Waals surface area contributed by atoms with Crippen molar-refractivity contribution in [1.82, 2.24) is 18.8 Å². The van der Waals surface area contributed by atoms with E-state index in [0.717, 1.165) is 24.8 Å². The van der Waals surface area contributed by atoms with Crippen molar-refractivity contribution in [2.24, 2.45) is 13.0 Å². The van der Waals surface area contributed by atoms with E-state index < -0.39 is 16.0 Å². The number of ether oxygens (including phenoxy) is 1. The molecule has 0 bridgehead atoms. The minimum atomic E-state index is -3.81. The van der Waals surface area contributed by atoms with Crippen molar-refractivity contribution in [3.8, 4) is 17.1 Å². The normalized spacial score (nSPS) is 15.2. The van der Waals surface area contributed by atoms with Crippen LogP contribution < -0.4 is 10.3 Å². The molecule has 0 radical (unpaired) electrons. The summed E-state index contributed by atoms with van der Waals surface area (Å²) in [5.41, 5.74) is 2.16. The van der Waals surface area contributed by atoms with Gasteiger partial charge in [0.15, 0.2) is 0 Å². The number of carboxylic acids is 1. The standard InChI is InChI=1S/C27H36N4O6S/c1-4-6-19-17-30(3)25-24(19)28-26(29-27(25)34)21-16-20(8-9-22(21)37-15-5-2)38(35,36)31-13-11-18(12-14-31)7-10-23(32)33/h8-9,16-18H,4-7,10-15H2,1-3H3,(H,32,33)(H,28,29,34). The second-order valence-corrected chi connectivity index (χ2v) is 11.9. The Morgan fingerprint density at radius 1 is 1.21 bits per heavy atom. The summed E-state index contributed by atoms with van der Waals surface area (Å²) < 4.78 is 36.3. The number of benzene rings is 1. The summed E-state index contributed by atoms with van der Waals surface area (Å²) >= 11 is 0. The number of H-pyrrole nitrogens is 1. The number of fused-ring (bicyclic) bond motifs is 1. The maximum Gasteiger partial charge on any atom is 0.303 e. The van der Waals surface area contributed by atoms with Gasteiger partial charge in [0.2, 0.25) is 10.0 Å². The van der Waals surface area contributed by atoms with Gasteiger partial charge in [0.25, 0.3) is 5.56 Å². The molecule has 1 aliphatic rings. The molecule has 2 N–H and O–H groups in total. The second-order valence-electron chi connectivity index (χ2n) is 9.91.